The Balaban J connectivity index is 1.11. The maximum atomic E-state index is 12.4. The standard InChI is InChI=1S/C30H22Cl2F3N7OS2/c1-17-3-12-23-18(2)14-25-29(31,32)45-28(42(25)24(23)13-17)38-27(44)39-37-15-19-4-6-20(7-5-19)26-36-16-41(40-26)21-8-10-22(11-9-21)43-30(33,34)35/h3-16,18H,1-2H3,(H,39,44)/b37-15+,38-28-. The largest absolute Gasteiger partial charge is 0.573 e. The highest BCUT2D eigenvalue weighted by molar-refractivity contribution is 8.18. The number of halogens is 5. The topological polar surface area (TPSA) is 79.9 Å². The molecule has 3 heterocycles. The molecule has 6 rings (SSSR count). The Labute approximate surface area is 275 Å². The van der Waals surface area contributed by atoms with Gasteiger partial charge in [0.25, 0.3) is 0 Å². The van der Waals surface area contributed by atoms with E-state index < -0.39 is 10.0 Å². The molecule has 15 heteroatoms. The summed E-state index contributed by atoms with van der Waals surface area (Å²) in [7, 11) is 0. The SMILES string of the molecule is Cc1ccc2c(c1)N1C(=CC2C)C(Cl)(Cl)S/C1=N\C(=S)N/N=C/c1ccc(-c2ncn(-c3ccc(OC(F)(F)F)cc3)n2)cc1. The van der Waals surface area contributed by atoms with E-state index in [4.69, 9.17) is 35.4 Å². The van der Waals surface area contributed by atoms with E-state index in [1.54, 1.807) is 6.21 Å². The molecule has 1 aromatic heterocycles. The molecule has 4 aromatic rings. The summed E-state index contributed by atoms with van der Waals surface area (Å²) in [6.45, 7) is 4.12. The van der Waals surface area contributed by atoms with Crippen molar-refractivity contribution in [1.29, 1.82) is 0 Å². The highest BCUT2D eigenvalue weighted by Gasteiger charge is 2.48. The van der Waals surface area contributed by atoms with Gasteiger partial charge >= 0.3 is 6.36 Å². The molecule has 1 unspecified atom stereocenters. The summed E-state index contributed by atoms with van der Waals surface area (Å²) < 4.78 is 41.4. The quantitative estimate of drug-likeness (QED) is 0.0983. The highest BCUT2D eigenvalue weighted by Crippen LogP contribution is 2.56. The van der Waals surface area contributed by atoms with Crippen molar-refractivity contribution < 1.29 is 17.9 Å². The van der Waals surface area contributed by atoms with Crippen molar-refractivity contribution in [2.24, 2.45) is 10.1 Å². The van der Waals surface area contributed by atoms with E-state index in [2.05, 4.69) is 55.5 Å². The number of ether oxygens (including phenoxy) is 1. The number of nitrogens with zero attached hydrogens (tertiary/aromatic N) is 6. The number of aliphatic imine (C=N–C) groups is 1. The summed E-state index contributed by atoms with van der Waals surface area (Å²) in [5.74, 6) is 0.254. The van der Waals surface area contributed by atoms with Gasteiger partial charge in [-0.05, 0) is 77.9 Å². The van der Waals surface area contributed by atoms with Crippen molar-refractivity contribution in [3.63, 3.8) is 0 Å². The van der Waals surface area contributed by atoms with Gasteiger partial charge in [0, 0.05) is 11.5 Å². The molecule has 230 valence electrons. The Morgan fingerprint density at radius 3 is 2.56 bits per heavy atom. The number of thioether (sulfide) groups is 1. The number of hydrogen-bond acceptors (Lipinski definition) is 6. The number of hydrazone groups is 1. The van der Waals surface area contributed by atoms with Crippen molar-refractivity contribution in [2.75, 3.05) is 4.90 Å². The number of nitrogens with one attached hydrogen (secondary N) is 1. The van der Waals surface area contributed by atoms with E-state index in [9.17, 15) is 13.2 Å². The molecule has 2 aliphatic rings. The predicted molar refractivity (Wildman–Crippen MR) is 176 cm³/mol. The molecule has 1 N–H and O–H groups in total. The van der Waals surface area contributed by atoms with Gasteiger partial charge in [-0.2, -0.15) is 10.1 Å². The van der Waals surface area contributed by atoms with Crippen molar-refractivity contribution in [3.05, 3.63) is 102 Å². The Hall–Kier alpha value is -3.91. The maximum absolute atomic E-state index is 12.4. The van der Waals surface area contributed by atoms with Crippen LogP contribution in [0, 0.1) is 6.92 Å². The van der Waals surface area contributed by atoms with Crippen LogP contribution in [0.2, 0.25) is 0 Å². The Morgan fingerprint density at radius 1 is 1.11 bits per heavy atom. The van der Waals surface area contributed by atoms with Crippen LogP contribution < -0.4 is 15.1 Å². The molecule has 8 nitrogen and oxygen atoms in total. The lowest BCUT2D eigenvalue weighted by Crippen LogP contribution is -2.30. The second-order valence-corrected chi connectivity index (χ2v) is 13.4. The molecule has 0 bridgehead atoms. The van der Waals surface area contributed by atoms with Crippen LogP contribution in [0.4, 0.5) is 18.9 Å². The Bertz CT molecular complexity index is 1860. The van der Waals surface area contributed by atoms with E-state index in [1.165, 1.54) is 47.0 Å². The monoisotopic (exact) mass is 687 g/mol. The van der Waals surface area contributed by atoms with E-state index in [0.717, 1.165) is 33.6 Å². The van der Waals surface area contributed by atoms with Gasteiger partial charge in [-0.15, -0.1) is 18.3 Å². The van der Waals surface area contributed by atoms with Crippen LogP contribution in [0.3, 0.4) is 0 Å². The summed E-state index contributed by atoms with van der Waals surface area (Å²) in [6.07, 6.45) is 0.350. The lowest BCUT2D eigenvalue weighted by Gasteiger charge is -2.31. The van der Waals surface area contributed by atoms with Crippen LogP contribution in [0.5, 0.6) is 5.75 Å². The van der Waals surface area contributed by atoms with Gasteiger partial charge in [-0.25, -0.2) is 9.67 Å². The van der Waals surface area contributed by atoms with Crippen molar-refractivity contribution >= 4 is 69.4 Å². The van der Waals surface area contributed by atoms with Crippen LogP contribution in [-0.2, 0) is 0 Å². The van der Waals surface area contributed by atoms with Crippen LogP contribution in [0.25, 0.3) is 17.1 Å². The molecule has 0 spiro atoms. The van der Waals surface area contributed by atoms with E-state index in [0.29, 0.717) is 16.7 Å². The number of benzene rings is 3. The third-order valence-corrected chi connectivity index (χ3v) is 8.80. The highest BCUT2D eigenvalue weighted by atomic mass is 35.5. The molecule has 0 aliphatic carbocycles. The third-order valence-electron chi connectivity index (χ3n) is 6.84. The summed E-state index contributed by atoms with van der Waals surface area (Å²) in [6, 6.07) is 18.9. The van der Waals surface area contributed by atoms with E-state index >= 15 is 0 Å². The minimum absolute atomic E-state index is 0.135. The fourth-order valence-electron chi connectivity index (χ4n) is 4.79. The van der Waals surface area contributed by atoms with Gasteiger partial charge in [0.2, 0.25) is 8.78 Å². The lowest BCUT2D eigenvalue weighted by molar-refractivity contribution is -0.274. The van der Waals surface area contributed by atoms with Gasteiger partial charge in [-0.1, -0.05) is 72.6 Å². The van der Waals surface area contributed by atoms with Crippen LogP contribution in [0.15, 0.2) is 94.9 Å². The molecule has 1 saturated heterocycles. The van der Waals surface area contributed by atoms with Crippen molar-refractivity contribution in [2.45, 2.75) is 29.8 Å². The summed E-state index contributed by atoms with van der Waals surface area (Å²) in [4.78, 5) is 10.8. The summed E-state index contributed by atoms with van der Waals surface area (Å²) in [5.41, 5.74) is 8.75. The van der Waals surface area contributed by atoms with Crippen molar-refractivity contribution in [3.8, 4) is 22.8 Å². The molecule has 1 fully saturated rings. The molecular formula is C30H22Cl2F3N7OS2. The minimum Gasteiger partial charge on any atom is -0.406 e. The number of thiocarbonyl (C=S) groups is 1. The number of hydrogen-bond donors (Lipinski definition) is 1. The molecule has 0 amide bonds. The fourth-order valence-corrected chi connectivity index (χ4v) is 6.62. The Morgan fingerprint density at radius 2 is 1.84 bits per heavy atom. The Kier molecular flexibility index (Phi) is 8.37. The van der Waals surface area contributed by atoms with E-state index in [-0.39, 0.29) is 16.8 Å². The predicted octanol–water partition coefficient (Wildman–Crippen LogP) is 8.09. The number of fused-ring (bicyclic) bond motifs is 3. The number of alkyl halides is 5. The van der Waals surface area contributed by atoms with Crippen LogP contribution in [0.1, 0.15) is 29.5 Å². The average molecular weight is 689 g/mol. The van der Waals surface area contributed by atoms with Gasteiger partial charge in [-0.3, -0.25) is 10.3 Å². The smallest absolute Gasteiger partial charge is 0.406 e. The number of amidine groups is 1. The van der Waals surface area contributed by atoms with Gasteiger partial charge in [0.15, 0.2) is 11.0 Å². The molecule has 3 aromatic carbocycles. The zero-order chi connectivity index (χ0) is 31.9. The summed E-state index contributed by atoms with van der Waals surface area (Å²) >= 11 is 20.0. The number of rotatable bonds is 5. The lowest BCUT2D eigenvalue weighted by atomic mass is 9.93. The number of anilines is 1. The maximum Gasteiger partial charge on any atom is 0.573 e. The number of aromatic nitrogens is 3. The first kappa shape index (κ1) is 31.1. The van der Waals surface area contributed by atoms with Gasteiger partial charge < -0.3 is 4.74 Å². The van der Waals surface area contributed by atoms with Gasteiger partial charge in [0.05, 0.1) is 23.3 Å². The minimum atomic E-state index is -4.76. The first-order chi connectivity index (χ1) is 21.4. The van der Waals surface area contributed by atoms with E-state index in [1.807, 2.05) is 42.2 Å². The first-order valence-corrected chi connectivity index (χ1v) is 15.3. The van der Waals surface area contributed by atoms with Crippen LogP contribution in [-0.4, -0.2) is 41.3 Å². The van der Waals surface area contributed by atoms with Crippen LogP contribution >= 0.6 is 47.2 Å². The molecule has 45 heavy (non-hydrogen) atoms. The molecular weight excluding hydrogens is 666 g/mol. The normalized spacial score (nSPS) is 18.1. The number of allylic oxidation sites excluding steroid dienone is 1. The zero-order valence-corrected chi connectivity index (χ0v) is 26.6. The molecule has 0 saturated carbocycles. The van der Waals surface area contributed by atoms with Crippen molar-refractivity contribution in [1.82, 2.24) is 20.2 Å². The number of aryl methyl sites for hydroxylation is 1. The third kappa shape index (κ3) is 6.86. The second-order valence-electron chi connectivity index (χ2n) is 10.1. The van der Waals surface area contributed by atoms with Gasteiger partial charge in [0.1, 0.15) is 12.1 Å². The second kappa shape index (κ2) is 12.1. The summed E-state index contributed by atoms with van der Waals surface area (Å²) in [5, 5.41) is 9.32. The molecule has 1 atom stereocenters. The molecule has 2 aliphatic heterocycles. The molecule has 0 radical (unpaired) electrons. The first-order valence-electron chi connectivity index (χ1n) is 13.4. The fraction of sp³-hybridized carbons (Fsp3) is 0.167. The average Bonchev–Trinajstić information content (AvgIpc) is 3.56. The zero-order valence-electron chi connectivity index (χ0n) is 23.5.